The fraction of sp³-hybridized carbons (Fsp3) is 1.00. The van der Waals surface area contributed by atoms with Crippen LogP contribution in [0.25, 0.3) is 0 Å². The smallest absolute Gasteiger partial charge is 0.113 e. The van der Waals surface area contributed by atoms with Crippen LogP contribution in [0.2, 0.25) is 0 Å². The summed E-state index contributed by atoms with van der Waals surface area (Å²) in [6.45, 7) is 5.16. The highest BCUT2D eigenvalue weighted by molar-refractivity contribution is 6.21. The predicted molar refractivity (Wildman–Crippen MR) is 35.2 cm³/mol. The Morgan fingerprint density at radius 3 is 2.00 bits per heavy atom. The van der Waals surface area contributed by atoms with Gasteiger partial charge < -0.3 is 0 Å². The van der Waals surface area contributed by atoms with Gasteiger partial charge in [-0.05, 0) is 20.8 Å². The summed E-state index contributed by atoms with van der Waals surface area (Å²) in [6.07, 6.45) is 0. The normalized spacial score (nSPS) is 15.5. The molecule has 0 fully saturated rings. The summed E-state index contributed by atoms with van der Waals surface area (Å²) in [4.78, 5) is 9.93. The molecule has 0 aliphatic rings. The zero-order valence-corrected chi connectivity index (χ0v) is 6.07. The second-order valence-electron chi connectivity index (χ2n) is 2.36. The molecule has 3 heteroatoms. The van der Waals surface area contributed by atoms with E-state index in [-0.39, 0.29) is 5.38 Å². The maximum absolute atomic E-state index is 9.93. The first-order chi connectivity index (χ1) is 3.50. The summed E-state index contributed by atoms with van der Waals surface area (Å²) in [7, 11) is 0. The number of hydrogen-bond acceptors (Lipinski definition) is 2. The first kappa shape index (κ1) is 7.89. The molecule has 48 valence electrons. The third kappa shape index (κ3) is 1.78. The average Bonchev–Trinajstić information content (AvgIpc) is 1.67. The van der Waals surface area contributed by atoms with E-state index in [2.05, 4.69) is 5.18 Å². The van der Waals surface area contributed by atoms with E-state index in [1.165, 1.54) is 0 Å². The SMILES string of the molecule is CC(Cl)C(C)(C)N=O. The zero-order valence-electron chi connectivity index (χ0n) is 5.31. The molecular formula is C5H10ClNO. The van der Waals surface area contributed by atoms with E-state index in [1.54, 1.807) is 20.8 Å². The van der Waals surface area contributed by atoms with Crippen LogP contribution in [0.3, 0.4) is 0 Å². The van der Waals surface area contributed by atoms with E-state index < -0.39 is 5.54 Å². The Balaban J connectivity index is 3.90. The molecule has 0 saturated heterocycles. The molecule has 0 aliphatic carbocycles. The predicted octanol–water partition coefficient (Wildman–Crippen LogP) is 2.16. The van der Waals surface area contributed by atoms with Gasteiger partial charge in [-0.1, -0.05) is 5.18 Å². The number of halogens is 1. The summed E-state index contributed by atoms with van der Waals surface area (Å²) in [6, 6.07) is 0. The van der Waals surface area contributed by atoms with Gasteiger partial charge in [0.1, 0.15) is 5.54 Å². The third-order valence-corrected chi connectivity index (χ3v) is 1.74. The van der Waals surface area contributed by atoms with Crippen LogP contribution in [0.5, 0.6) is 0 Å². The molecule has 0 aromatic rings. The molecule has 0 heterocycles. The Bertz CT molecular complexity index is 90.4. The Kier molecular flexibility index (Phi) is 2.41. The fourth-order valence-electron chi connectivity index (χ4n) is 0.0726. The summed E-state index contributed by atoms with van der Waals surface area (Å²) < 4.78 is 0. The zero-order chi connectivity index (χ0) is 6.78. The lowest BCUT2D eigenvalue weighted by molar-refractivity contribution is 0.508. The maximum Gasteiger partial charge on any atom is 0.113 e. The Labute approximate surface area is 54.2 Å². The van der Waals surface area contributed by atoms with Gasteiger partial charge >= 0.3 is 0 Å². The molecule has 2 nitrogen and oxygen atoms in total. The lowest BCUT2D eigenvalue weighted by Gasteiger charge is -2.16. The minimum absolute atomic E-state index is 0.194. The van der Waals surface area contributed by atoms with Gasteiger partial charge in [0.15, 0.2) is 0 Å². The van der Waals surface area contributed by atoms with Gasteiger partial charge in [-0.2, -0.15) is 4.91 Å². The van der Waals surface area contributed by atoms with Crippen molar-refractivity contribution in [3.05, 3.63) is 4.91 Å². The van der Waals surface area contributed by atoms with Crippen LogP contribution in [0.4, 0.5) is 0 Å². The van der Waals surface area contributed by atoms with E-state index in [0.29, 0.717) is 0 Å². The van der Waals surface area contributed by atoms with Crippen molar-refractivity contribution < 1.29 is 0 Å². The van der Waals surface area contributed by atoms with E-state index in [1.807, 2.05) is 0 Å². The number of nitroso groups, excluding NO2 is 1. The summed E-state index contributed by atoms with van der Waals surface area (Å²) in [5, 5.41) is 2.64. The molecular weight excluding hydrogens is 126 g/mol. The first-order valence-corrected chi connectivity index (χ1v) is 2.93. The molecule has 0 aromatic carbocycles. The van der Waals surface area contributed by atoms with E-state index in [4.69, 9.17) is 11.6 Å². The Hall–Kier alpha value is -0.110. The van der Waals surface area contributed by atoms with Crippen LogP contribution >= 0.6 is 11.6 Å². The molecule has 8 heavy (non-hydrogen) atoms. The second kappa shape index (κ2) is 2.44. The van der Waals surface area contributed by atoms with Crippen molar-refractivity contribution in [2.45, 2.75) is 31.7 Å². The minimum atomic E-state index is -0.623. The molecule has 0 bridgehead atoms. The number of hydrogen-bond donors (Lipinski definition) is 0. The highest BCUT2D eigenvalue weighted by Crippen LogP contribution is 2.18. The number of nitrogens with zero attached hydrogens (tertiary/aromatic N) is 1. The van der Waals surface area contributed by atoms with Gasteiger partial charge in [-0.15, -0.1) is 11.6 Å². The molecule has 0 spiro atoms. The summed E-state index contributed by atoms with van der Waals surface area (Å²) in [5.74, 6) is 0. The average molecular weight is 136 g/mol. The van der Waals surface area contributed by atoms with Crippen LogP contribution in [0.15, 0.2) is 5.18 Å². The third-order valence-electron chi connectivity index (χ3n) is 1.21. The monoisotopic (exact) mass is 135 g/mol. The van der Waals surface area contributed by atoms with Crippen molar-refractivity contribution >= 4 is 11.6 Å². The van der Waals surface area contributed by atoms with Gasteiger partial charge in [0.2, 0.25) is 0 Å². The fourth-order valence-corrected chi connectivity index (χ4v) is 0.112. The van der Waals surface area contributed by atoms with Crippen molar-refractivity contribution in [1.29, 1.82) is 0 Å². The van der Waals surface area contributed by atoms with Crippen LogP contribution in [0.1, 0.15) is 20.8 Å². The van der Waals surface area contributed by atoms with Crippen molar-refractivity contribution in [2.24, 2.45) is 5.18 Å². The number of rotatable bonds is 2. The molecule has 1 unspecified atom stereocenters. The molecule has 0 rings (SSSR count). The standard InChI is InChI=1S/C5H10ClNO/c1-4(6)5(2,3)7-8/h4H,1-3H3. The molecule has 0 saturated carbocycles. The summed E-state index contributed by atoms with van der Waals surface area (Å²) in [5.41, 5.74) is -0.623. The molecule has 0 radical (unpaired) electrons. The van der Waals surface area contributed by atoms with Crippen molar-refractivity contribution in [3.8, 4) is 0 Å². The molecule has 0 N–H and O–H groups in total. The van der Waals surface area contributed by atoms with Crippen LogP contribution in [-0.4, -0.2) is 10.9 Å². The van der Waals surface area contributed by atoms with E-state index in [0.717, 1.165) is 0 Å². The lowest BCUT2D eigenvalue weighted by atomic mass is 10.0. The highest BCUT2D eigenvalue weighted by atomic mass is 35.5. The largest absolute Gasteiger partial charge is 0.150 e. The van der Waals surface area contributed by atoms with Gasteiger partial charge in [0.05, 0.1) is 5.38 Å². The lowest BCUT2D eigenvalue weighted by Crippen LogP contribution is -2.26. The van der Waals surface area contributed by atoms with Crippen LogP contribution in [0, 0.1) is 4.91 Å². The topological polar surface area (TPSA) is 29.4 Å². The van der Waals surface area contributed by atoms with Crippen LogP contribution < -0.4 is 0 Å². The minimum Gasteiger partial charge on any atom is -0.150 e. The second-order valence-corrected chi connectivity index (χ2v) is 3.02. The van der Waals surface area contributed by atoms with Gasteiger partial charge in [0.25, 0.3) is 0 Å². The summed E-state index contributed by atoms with van der Waals surface area (Å²) >= 11 is 5.58. The van der Waals surface area contributed by atoms with Gasteiger partial charge in [0, 0.05) is 0 Å². The quantitative estimate of drug-likeness (QED) is 0.422. The van der Waals surface area contributed by atoms with Gasteiger partial charge in [-0.3, -0.25) is 0 Å². The molecule has 1 atom stereocenters. The Morgan fingerprint density at radius 1 is 1.62 bits per heavy atom. The maximum atomic E-state index is 9.93. The van der Waals surface area contributed by atoms with E-state index in [9.17, 15) is 4.91 Å². The molecule has 0 aliphatic heterocycles. The van der Waals surface area contributed by atoms with E-state index >= 15 is 0 Å². The number of alkyl halides is 1. The molecule has 0 aromatic heterocycles. The van der Waals surface area contributed by atoms with Crippen molar-refractivity contribution in [2.75, 3.05) is 0 Å². The Morgan fingerprint density at radius 2 is 2.00 bits per heavy atom. The first-order valence-electron chi connectivity index (χ1n) is 2.49. The highest BCUT2D eigenvalue weighted by Gasteiger charge is 2.24. The van der Waals surface area contributed by atoms with Gasteiger partial charge in [-0.25, -0.2) is 0 Å². The molecule has 0 amide bonds. The van der Waals surface area contributed by atoms with Crippen LogP contribution in [-0.2, 0) is 0 Å². The van der Waals surface area contributed by atoms with Crippen molar-refractivity contribution in [1.82, 2.24) is 0 Å². The van der Waals surface area contributed by atoms with Crippen molar-refractivity contribution in [3.63, 3.8) is 0 Å².